The minimum absolute atomic E-state index is 0.0473. The molecule has 2 heterocycles. The number of carbonyl (C=O) groups excluding carboxylic acids is 2. The van der Waals surface area contributed by atoms with E-state index in [4.69, 9.17) is 19.2 Å². The summed E-state index contributed by atoms with van der Waals surface area (Å²) in [7, 11) is 3.15. The predicted octanol–water partition coefficient (Wildman–Crippen LogP) is 4.16. The third-order valence-corrected chi connectivity index (χ3v) is 6.26. The molecule has 1 saturated heterocycles. The van der Waals surface area contributed by atoms with E-state index < -0.39 is 0 Å². The topological polar surface area (TPSA) is 94.9 Å². The number of nitrogens with zero attached hydrogens (tertiary/aromatic N) is 3. The first kappa shape index (κ1) is 26.2. The van der Waals surface area contributed by atoms with E-state index in [-0.39, 0.29) is 30.4 Å². The average molecular weight is 507 g/mol. The number of aromatic nitrogens is 2. The molecule has 0 aliphatic carbocycles. The maximum atomic E-state index is 13.2. The lowest BCUT2D eigenvalue weighted by molar-refractivity contribution is -0.139. The monoisotopic (exact) mass is 506 g/mol. The van der Waals surface area contributed by atoms with Gasteiger partial charge in [0.05, 0.1) is 31.7 Å². The SMILES string of the molecule is COc1ccc(-n2cc(-c3ccccc3)nc2NC(=O)CN(CC2CCCO2)C(=O)C(C)C)cc1OC. The van der Waals surface area contributed by atoms with Crippen LogP contribution in [0.4, 0.5) is 5.95 Å². The smallest absolute Gasteiger partial charge is 0.246 e. The number of rotatable bonds is 10. The van der Waals surface area contributed by atoms with Crippen LogP contribution in [0.25, 0.3) is 16.9 Å². The van der Waals surface area contributed by atoms with Gasteiger partial charge in [0.2, 0.25) is 17.8 Å². The maximum Gasteiger partial charge on any atom is 0.246 e. The molecule has 0 spiro atoms. The number of carbonyl (C=O) groups is 2. The second-order valence-electron chi connectivity index (χ2n) is 9.28. The van der Waals surface area contributed by atoms with E-state index in [1.807, 2.05) is 62.5 Å². The highest BCUT2D eigenvalue weighted by Crippen LogP contribution is 2.31. The molecule has 0 radical (unpaired) electrons. The summed E-state index contributed by atoms with van der Waals surface area (Å²) < 4.78 is 18.3. The van der Waals surface area contributed by atoms with Gasteiger partial charge in [0, 0.05) is 36.9 Å². The standard InChI is InChI=1S/C28H34N4O5/c1-19(2)27(34)31(16-22-11-8-14-37-22)18-26(33)30-28-29-23(20-9-6-5-7-10-20)17-32(28)21-12-13-24(35-3)25(15-21)36-4/h5-7,9-10,12-13,15,17,19,22H,8,11,14,16,18H2,1-4H3,(H,29,30,33). The number of hydrogen-bond acceptors (Lipinski definition) is 6. The van der Waals surface area contributed by atoms with Crippen LogP contribution in [-0.2, 0) is 14.3 Å². The second-order valence-corrected chi connectivity index (χ2v) is 9.28. The van der Waals surface area contributed by atoms with E-state index in [9.17, 15) is 9.59 Å². The number of amides is 2. The highest BCUT2D eigenvalue weighted by molar-refractivity contribution is 5.94. The van der Waals surface area contributed by atoms with Crippen molar-refractivity contribution in [3.8, 4) is 28.4 Å². The summed E-state index contributed by atoms with van der Waals surface area (Å²) in [5.74, 6) is 0.838. The lowest BCUT2D eigenvalue weighted by Crippen LogP contribution is -2.44. The summed E-state index contributed by atoms with van der Waals surface area (Å²) in [6.45, 7) is 4.66. The van der Waals surface area contributed by atoms with Gasteiger partial charge < -0.3 is 19.1 Å². The molecular formula is C28H34N4O5. The van der Waals surface area contributed by atoms with Crippen molar-refractivity contribution < 1.29 is 23.8 Å². The van der Waals surface area contributed by atoms with Crippen molar-refractivity contribution in [2.75, 3.05) is 39.2 Å². The van der Waals surface area contributed by atoms with Crippen LogP contribution in [0.2, 0.25) is 0 Å². The summed E-state index contributed by atoms with van der Waals surface area (Å²) in [6, 6.07) is 15.2. The van der Waals surface area contributed by atoms with Crippen LogP contribution in [0.3, 0.4) is 0 Å². The van der Waals surface area contributed by atoms with E-state index in [0.717, 1.165) is 24.1 Å². The van der Waals surface area contributed by atoms with Gasteiger partial charge in [0.15, 0.2) is 11.5 Å². The molecule has 9 nitrogen and oxygen atoms in total. The quantitative estimate of drug-likeness (QED) is 0.444. The summed E-state index contributed by atoms with van der Waals surface area (Å²) >= 11 is 0. The minimum atomic E-state index is -0.334. The van der Waals surface area contributed by atoms with Crippen molar-refractivity contribution in [1.82, 2.24) is 14.5 Å². The molecule has 1 fully saturated rings. The Kier molecular flexibility index (Phi) is 8.45. The molecule has 0 saturated carbocycles. The molecule has 4 rings (SSSR count). The maximum absolute atomic E-state index is 13.2. The molecule has 3 aromatic rings. The summed E-state index contributed by atoms with van der Waals surface area (Å²) in [5.41, 5.74) is 2.34. The van der Waals surface area contributed by atoms with Crippen LogP contribution in [0.1, 0.15) is 26.7 Å². The van der Waals surface area contributed by atoms with Gasteiger partial charge in [-0.1, -0.05) is 44.2 Å². The lowest BCUT2D eigenvalue weighted by Gasteiger charge is -2.26. The number of hydrogen-bond donors (Lipinski definition) is 1. The van der Waals surface area contributed by atoms with Crippen molar-refractivity contribution in [3.63, 3.8) is 0 Å². The first-order valence-electron chi connectivity index (χ1n) is 12.5. The Bertz CT molecular complexity index is 1220. The largest absolute Gasteiger partial charge is 0.493 e. The third kappa shape index (κ3) is 6.29. The Morgan fingerprint density at radius 1 is 1.14 bits per heavy atom. The Hall–Kier alpha value is -3.85. The molecule has 1 aliphatic rings. The number of imidazole rings is 1. The van der Waals surface area contributed by atoms with Crippen LogP contribution < -0.4 is 14.8 Å². The van der Waals surface area contributed by atoms with E-state index >= 15 is 0 Å². The van der Waals surface area contributed by atoms with Gasteiger partial charge >= 0.3 is 0 Å². The van der Waals surface area contributed by atoms with Gasteiger partial charge in [-0.05, 0) is 25.0 Å². The number of methoxy groups -OCH3 is 2. The number of ether oxygens (including phenoxy) is 3. The van der Waals surface area contributed by atoms with E-state index in [1.54, 1.807) is 29.8 Å². The van der Waals surface area contributed by atoms with E-state index in [1.165, 1.54) is 0 Å². The summed E-state index contributed by atoms with van der Waals surface area (Å²) in [4.78, 5) is 32.4. The van der Waals surface area contributed by atoms with Crippen LogP contribution in [-0.4, -0.2) is 66.3 Å². The average Bonchev–Trinajstić information content (AvgIpc) is 3.58. The summed E-state index contributed by atoms with van der Waals surface area (Å²) in [5, 5.41) is 2.92. The Labute approximate surface area is 217 Å². The molecule has 2 amide bonds. The zero-order chi connectivity index (χ0) is 26.4. The van der Waals surface area contributed by atoms with Gasteiger partial charge in [0.1, 0.15) is 6.54 Å². The van der Waals surface area contributed by atoms with Crippen molar-refractivity contribution in [2.45, 2.75) is 32.8 Å². The molecular weight excluding hydrogens is 472 g/mol. The predicted molar refractivity (Wildman–Crippen MR) is 141 cm³/mol. The molecule has 0 bridgehead atoms. The fourth-order valence-corrected chi connectivity index (χ4v) is 4.36. The van der Waals surface area contributed by atoms with Gasteiger partial charge in [-0.3, -0.25) is 19.5 Å². The molecule has 1 unspecified atom stereocenters. The van der Waals surface area contributed by atoms with Crippen molar-refractivity contribution in [1.29, 1.82) is 0 Å². The van der Waals surface area contributed by atoms with Gasteiger partial charge in [0.25, 0.3) is 0 Å². The molecule has 9 heteroatoms. The van der Waals surface area contributed by atoms with Crippen LogP contribution >= 0.6 is 0 Å². The first-order valence-corrected chi connectivity index (χ1v) is 12.5. The van der Waals surface area contributed by atoms with Crippen LogP contribution in [0.5, 0.6) is 11.5 Å². The second kappa shape index (κ2) is 11.9. The van der Waals surface area contributed by atoms with Gasteiger partial charge in [-0.2, -0.15) is 0 Å². The third-order valence-electron chi connectivity index (χ3n) is 6.26. The molecule has 2 aromatic carbocycles. The molecule has 1 atom stereocenters. The van der Waals surface area contributed by atoms with Gasteiger partial charge in [-0.25, -0.2) is 4.98 Å². The fraction of sp³-hybridized carbons (Fsp3) is 0.393. The van der Waals surface area contributed by atoms with E-state index in [0.29, 0.717) is 36.3 Å². The molecule has 37 heavy (non-hydrogen) atoms. The zero-order valence-corrected chi connectivity index (χ0v) is 21.8. The molecule has 1 aliphatic heterocycles. The first-order chi connectivity index (χ1) is 17.9. The van der Waals surface area contributed by atoms with Gasteiger partial charge in [-0.15, -0.1) is 0 Å². The molecule has 1 N–H and O–H groups in total. The Morgan fingerprint density at radius 3 is 2.54 bits per heavy atom. The minimum Gasteiger partial charge on any atom is -0.493 e. The Balaban J connectivity index is 1.63. The number of anilines is 1. The van der Waals surface area contributed by atoms with Crippen molar-refractivity contribution in [2.24, 2.45) is 5.92 Å². The molecule has 1 aromatic heterocycles. The highest BCUT2D eigenvalue weighted by atomic mass is 16.5. The number of nitrogens with one attached hydrogen (secondary N) is 1. The van der Waals surface area contributed by atoms with Crippen LogP contribution in [0, 0.1) is 5.92 Å². The van der Waals surface area contributed by atoms with Crippen molar-refractivity contribution >= 4 is 17.8 Å². The van der Waals surface area contributed by atoms with Crippen molar-refractivity contribution in [3.05, 3.63) is 54.7 Å². The normalized spacial score (nSPS) is 15.0. The highest BCUT2D eigenvalue weighted by Gasteiger charge is 2.26. The molecule has 196 valence electrons. The van der Waals surface area contributed by atoms with Crippen LogP contribution in [0.15, 0.2) is 54.7 Å². The number of benzene rings is 2. The zero-order valence-electron chi connectivity index (χ0n) is 21.8. The van der Waals surface area contributed by atoms with E-state index in [2.05, 4.69) is 5.32 Å². The summed E-state index contributed by atoms with van der Waals surface area (Å²) in [6.07, 6.45) is 3.66. The lowest BCUT2D eigenvalue weighted by atomic mass is 10.1. The Morgan fingerprint density at radius 2 is 1.89 bits per heavy atom. The fourth-order valence-electron chi connectivity index (χ4n) is 4.36.